The number of carbonyl (C=O) groups excluding carboxylic acids is 1. The van der Waals surface area contributed by atoms with Crippen molar-refractivity contribution in [2.24, 2.45) is 0 Å². The summed E-state index contributed by atoms with van der Waals surface area (Å²) in [4.78, 5) is 14.1. The Bertz CT molecular complexity index is 981. The van der Waals surface area contributed by atoms with Gasteiger partial charge in [0.15, 0.2) is 0 Å². The number of amides is 1. The van der Waals surface area contributed by atoms with Crippen molar-refractivity contribution < 1.29 is 17.6 Å². The molecule has 5 nitrogen and oxygen atoms in total. The summed E-state index contributed by atoms with van der Waals surface area (Å²) in [6.07, 6.45) is 1.47. The molecule has 1 fully saturated rings. The van der Waals surface area contributed by atoms with Crippen LogP contribution in [0.3, 0.4) is 0 Å². The van der Waals surface area contributed by atoms with Gasteiger partial charge in [-0.1, -0.05) is 23.8 Å². The first-order valence-electron chi connectivity index (χ1n) is 8.30. The minimum absolute atomic E-state index is 0.00631. The Morgan fingerprint density at radius 3 is 2.37 bits per heavy atom. The SMILES string of the molecule is C=C1CCN(C(=O)c2ccc(Cl)c(S(=O)(=O)Nc3ccc(F)cc3)c2)CC1. The third kappa shape index (κ3) is 4.48. The monoisotopic (exact) mass is 408 g/mol. The summed E-state index contributed by atoms with van der Waals surface area (Å²) >= 11 is 6.07. The van der Waals surface area contributed by atoms with Crippen LogP contribution in [0.25, 0.3) is 0 Å². The van der Waals surface area contributed by atoms with Crippen molar-refractivity contribution in [3.8, 4) is 0 Å². The van der Waals surface area contributed by atoms with Gasteiger partial charge in [-0.05, 0) is 55.3 Å². The highest BCUT2D eigenvalue weighted by molar-refractivity contribution is 7.92. The molecule has 27 heavy (non-hydrogen) atoms. The predicted molar refractivity (Wildman–Crippen MR) is 103 cm³/mol. The van der Waals surface area contributed by atoms with E-state index in [4.69, 9.17) is 11.6 Å². The lowest BCUT2D eigenvalue weighted by Crippen LogP contribution is -2.36. The van der Waals surface area contributed by atoms with Crippen molar-refractivity contribution in [2.45, 2.75) is 17.7 Å². The standard InChI is InChI=1S/C19H18ClFN2O3S/c1-13-8-10-23(11-9-13)19(24)14-2-7-17(20)18(12-14)27(25,26)22-16-5-3-15(21)4-6-16/h2-7,12,22H,1,8-11H2. The number of halogens is 2. The zero-order chi connectivity index (χ0) is 19.6. The van der Waals surface area contributed by atoms with E-state index in [1.54, 1.807) is 4.90 Å². The van der Waals surface area contributed by atoms with Crippen molar-refractivity contribution in [2.75, 3.05) is 17.8 Å². The van der Waals surface area contributed by atoms with Gasteiger partial charge in [0.1, 0.15) is 10.7 Å². The van der Waals surface area contributed by atoms with Gasteiger partial charge >= 0.3 is 0 Å². The van der Waals surface area contributed by atoms with Gasteiger partial charge in [0.25, 0.3) is 15.9 Å². The number of anilines is 1. The van der Waals surface area contributed by atoms with Gasteiger partial charge in [0.2, 0.25) is 0 Å². The number of sulfonamides is 1. The number of piperidine rings is 1. The van der Waals surface area contributed by atoms with E-state index in [1.165, 1.54) is 30.3 Å². The third-order valence-electron chi connectivity index (χ3n) is 4.32. The molecule has 1 N–H and O–H groups in total. The molecule has 0 radical (unpaired) electrons. The van der Waals surface area contributed by atoms with Crippen LogP contribution >= 0.6 is 11.6 Å². The van der Waals surface area contributed by atoms with E-state index >= 15 is 0 Å². The van der Waals surface area contributed by atoms with Crippen LogP contribution < -0.4 is 4.72 Å². The molecule has 0 bridgehead atoms. The van der Waals surface area contributed by atoms with Gasteiger partial charge < -0.3 is 4.90 Å². The Morgan fingerprint density at radius 1 is 1.11 bits per heavy atom. The van der Waals surface area contributed by atoms with E-state index in [1.807, 2.05) is 0 Å². The van der Waals surface area contributed by atoms with E-state index in [0.717, 1.165) is 30.5 Å². The van der Waals surface area contributed by atoms with Crippen LogP contribution in [-0.4, -0.2) is 32.3 Å². The number of hydrogen-bond acceptors (Lipinski definition) is 3. The molecule has 0 aliphatic carbocycles. The van der Waals surface area contributed by atoms with Crippen molar-refractivity contribution in [1.29, 1.82) is 0 Å². The molecule has 1 aliphatic rings. The molecule has 142 valence electrons. The summed E-state index contributed by atoms with van der Waals surface area (Å²) in [6, 6.07) is 9.04. The number of nitrogens with zero attached hydrogens (tertiary/aromatic N) is 1. The zero-order valence-corrected chi connectivity index (χ0v) is 16.0. The predicted octanol–water partition coefficient (Wildman–Crippen LogP) is 4.07. The fourth-order valence-corrected chi connectivity index (χ4v) is 4.36. The van der Waals surface area contributed by atoms with Crippen LogP contribution in [0.2, 0.25) is 5.02 Å². The lowest BCUT2D eigenvalue weighted by molar-refractivity contribution is 0.0743. The van der Waals surface area contributed by atoms with Gasteiger partial charge in [0, 0.05) is 24.3 Å². The molecular formula is C19H18ClFN2O3S. The van der Waals surface area contributed by atoms with E-state index < -0.39 is 15.8 Å². The Balaban J connectivity index is 1.87. The van der Waals surface area contributed by atoms with Gasteiger partial charge in [-0.2, -0.15) is 0 Å². The molecule has 3 rings (SSSR count). The number of hydrogen-bond donors (Lipinski definition) is 1. The molecule has 2 aromatic carbocycles. The summed E-state index contributed by atoms with van der Waals surface area (Å²) in [5, 5.41) is -0.00631. The average molecular weight is 409 g/mol. The number of carbonyl (C=O) groups is 1. The highest BCUT2D eigenvalue weighted by Gasteiger charge is 2.24. The van der Waals surface area contributed by atoms with Crippen molar-refractivity contribution in [1.82, 2.24) is 4.90 Å². The third-order valence-corrected chi connectivity index (χ3v) is 6.18. The number of benzene rings is 2. The molecular weight excluding hydrogens is 391 g/mol. The Hall–Kier alpha value is -2.38. The molecule has 0 spiro atoms. The van der Waals surface area contributed by atoms with Crippen LogP contribution in [0, 0.1) is 5.82 Å². The van der Waals surface area contributed by atoms with Crippen LogP contribution in [0.15, 0.2) is 59.5 Å². The lowest BCUT2D eigenvalue weighted by atomic mass is 10.0. The Morgan fingerprint density at radius 2 is 1.74 bits per heavy atom. The minimum Gasteiger partial charge on any atom is -0.338 e. The average Bonchev–Trinajstić information content (AvgIpc) is 2.64. The molecule has 0 saturated carbocycles. The smallest absolute Gasteiger partial charge is 0.263 e. The molecule has 0 atom stereocenters. The van der Waals surface area contributed by atoms with Crippen LogP contribution in [0.1, 0.15) is 23.2 Å². The fourth-order valence-electron chi connectivity index (χ4n) is 2.78. The van der Waals surface area contributed by atoms with E-state index in [9.17, 15) is 17.6 Å². The van der Waals surface area contributed by atoms with Crippen molar-refractivity contribution >= 4 is 33.2 Å². The normalized spacial score (nSPS) is 14.9. The number of likely N-dealkylation sites (tertiary alicyclic amines) is 1. The number of rotatable bonds is 4. The van der Waals surface area contributed by atoms with E-state index in [-0.39, 0.29) is 27.1 Å². The van der Waals surface area contributed by atoms with Gasteiger partial charge in [-0.25, -0.2) is 12.8 Å². The quantitative estimate of drug-likeness (QED) is 0.775. The first kappa shape index (κ1) is 19.4. The van der Waals surface area contributed by atoms with Gasteiger partial charge in [0.05, 0.1) is 5.02 Å². The maximum atomic E-state index is 13.0. The highest BCUT2D eigenvalue weighted by atomic mass is 35.5. The largest absolute Gasteiger partial charge is 0.338 e. The summed E-state index contributed by atoms with van der Waals surface area (Å²) < 4.78 is 40.7. The number of nitrogens with one attached hydrogen (secondary N) is 1. The lowest BCUT2D eigenvalue weighted by Gasteiger charge is -2.28. The van der Waals surface area contributed by atoms with E-state index in [2.05, 4.69) is 11.3 Å². The van der Waals surface area contributed by atoms with Crippen LogP contribution in [0.4, 0.5) is 10.1 Å². The molecule has 0 aromatic heterocycles. The molecule has 8 heteroatoms. The topological polar surface area (TPSA) is 66.5 Å². The first-order chi connectivity index (χ1) is 12.8. The molecule has 1 saturated heterocycles. The van der Waals surface area contributed by atoms with Gasteiger partial charge in [-0.3, -0.25) is 9.52 Å². The second-order valence-electron chi connectivity index (χ2n) is 6.30. The van der Waals surface area contributed by atoms with E-state index in [0.29, 0.717) is 13.1 Å². The maximum absolute atomic E-state index is 13.0. The summed E-state index contributed by atoms with van der Waals surface area (Å²) in [6.45, 7) is 5.02. The van der Waals surface area contributed by atoms with Crippen LogP contribution in [0.5, 0.6) is 0 Å². The zero-order valence-electron chi connectivity index (χ0n) is 14.4. The second kappa shape index (κ2) is 7.70. The summed E-state index contributed by atoms with van der Waals surface area (Å²) in [5.74, 6) is -0.731. The Kier molecular flexibility index (Phi) is 5.53. The van der Waals surface area contributed by atoms with Crippen LogP contribution in [-0.2, 0) is 10.0 Å². The molecule has 1 amide bonds. The van der Waals surface area contributed by atoms with Crippen molar-refractivity contribution in [3.05, 3.63) is 71.0 Å². The molecule has 1 heterocycles. The molecule has 0 unspecified atom stereocenters. The first-order valence-corrected chi connectivity index (χ1v) is 10.2. The summed E-state index contributed by atoms with van der Waals surface area (Å²) in [7, 11) is -4.04. The maximum Gasteiger partial charge on any atom is 0.263 e. The second-order valence-corrected chi connectivity index (χ2v) is 8.36. The Labute approximate surface area is 162 Å². The highest BCUT2D eigenvalue weighted by Crippen LogP contribution is 2.26. The minimum atomic E-state index is -4.04. The van der Waals surface area contributed by atoms with Gasteiger partial charge in [-0.15, -0.1) is 0 Å². The fraction of sp³-hybridized carbons (Fsp3) is 0.211. The molecule has 2 aromatic rings. The molecule has 1 aliphatic heterocycles. The van der Waals surface area contributed by atoms with Crippen molar-refractivity contribution in [3.63, 3.8) is 0 Å². The summed E-state index contributed by atoms with van der Waals surface area (Å²) in [5.41, 5.74) is 1.53.